The Morgan fingerprint density at radius 1 is 1.26 bits per heavy atom. The predicted octanol–water partition coefficient (Wildman–Crippen LogP) is 2.28. The molecule has 0 bridgehead atoms. The highest BCUT2D eigenvalue weighted by atomic mass is 35.5. The molecule has 1 aliphatic carbocycles. The number of rotatable bonds is 5. The molecule has 1 aliphatic rings. The van der Waals surface area contributed by atoms with Crippen LogP contribution in [0.5, 0.6) is 0 Å². The molecule has 0 heterocycles. The summed E-state index contributed by atoms with van der Waals surface area (Å²) in [6.45, 7) is 0.713. The summed E-state index contributed by atoms with van der Waals surface area (Å²) < 4.78 is 0. The van der Waals surface area contributed by atoms with Crippen molar-refractivity contribution in [2.24, 2.45) is 11.7 Å². The van der Waals surface area contributed by atoms with Gasteiger partial charge >= 0.3 is 0 Å². The Bertz CT molecular complexity index is 383. The van der Waals surface area contributed by atoms with Gasteiger partial charge in [-0.25, -0.2) is 0 Å². The largest absolute Gasteiger partial charge is 0.356 e. The zero-order valence-electron chi connectivity index (χ0n) is 11.2. The summed E-state index contributed by atoms with van der Waals surface area (Å²) in [4.78, 5) is 11.8. The van der Waals surface area contributed by atoms with Crippen LogP contribution in [0.25, 0.3) is 0 Å². The van der Waals surface area contributed by atoms with E-state index in [-0.39, 0.29) is 24.4 Å². The van der Waals surface area contributed by atoms with E-state index in [1.54, 1.807) is 0 Å². The molecule has 1 fully saturated rings. The number of carbonyl (C=O) groups excluding carboxylic acids is 1. The van der Waals surface area contributed by atoms with Crippen LogP contribution in [-0.2, 0) is 11.2 Å². The second-order valence-electron chi connectivity index (χ2n) is 5.14. The van der Waals surface area contributed by atoms with Gasteiger partial charge in [0.05, 0.1) is 0 Å². The molecule has 0 aromatic heterocycles. The molecule has 3 N–H and O–H groups in total. The molecule has 0 aliphatic heterocycles. The van der Waals surface area contributed by atoms with Gasteiger partial charge < -0.3 is 11.1 Å². The van der Waals surface area contributed by atoms with Gasteiger partial charge in [0.25, 0.3) is 0 Å². The van der Waals surface area contributed by atoms with Crippen molar-refractivity contribution in [3.63, 3.8) is 0 Å². The predicted molar refractivity (Wildman–Crippen MR) is 80.3 cm³/mol. The lowest BCUT2D eigenvalue weighted by molar-refractivity contribution is -0.122. The van der Waals surface area contributed by atoms with Crippen LogP contribution in [0.4, 0.5) is 0 Å². The molecule has 2 atom stereocenters. The van der Waals surface area contributed by atoms with Crippen molar-refractivity contribution in [1.82, 2.24) is 5.32 Å². The molecule has 4 heteroatoms. The minimum atomic E-state index is 0. The standard InChI is InChI=1S/C15H22N2O.ClH/c16-14-8-4-7-13(14)11-15(18)17-10-9-12-5-2-1-3-6-12;/h1-3,5-6,13-14H,4,7-11,16H2,(H,17,18);1H/t13-,14+;/m0./s1. The Hall–Kier alpha value is -1.06. The highest BCUT2D eigenvalue weighted by molar-refractivity contribution is 5.85. The van der Waals surface area contributed by atoms with E-state index >= 15 is 0 Å². The van der Waals surface area contributed by atoms with Gasteiger partial charge in [0.2, 0.25) is 5.91 Å². The van der Waals surface area contributed by atoms with E-state index in [2.05, 4.69) is 17.4 Å². The van der Waals surface area contributed by atoms with Crippen molar-refractivity contribution in [2.45, 2.75) is 38.1 Å². The first-order chi connectivity index (χ1) is 8.75. The summed E-state index contributed by atoms with van der Waals surface area (Å²) in [5, 5.41) is 2.98. The van der Waals surface area contributed by atoms with Crippen LogP contribution in [-0.4, -0.2) is 18.5 Å². The molecule has 0 unspecified atom stereocenters. The fourth-order valence-corrected chi connectivity index (χ4v) is 2.62. The lowest BCUT2D eigenvalue weighted by atomic mass is 10.00. The topological polar surface area (TPSA) is 55.1 Å². The van der Waals surface area contributed by atoms with Crippen molar-refractivity contribution in [3.05, 3.63) is 35.9 Å². The number of halogens is 1. The molecular weight excluding hydrogens is 260 g/mol. The zero-order valence-corrected chi connectivity index (χ0v) is 12.0. The average molecular weight is 283 g/mol. The molecule has 0 saturated heterocycles. The van der Waals surface area contributed by atoms with Crippen LogP contribution in [0.15, 0.2) is 30.3 Å². The number of nitrogens with one attached hydrogen (secondary N) is 1. The van der Waals surface area contributed by atoms with Gasteiger partial charge in [0.1, 0.15) is 0 Å². The molecule has 3 nitrogen and oxygen atoms in total. The normalized spacial score (nSPS) is 21.7. The fourth-order valence-electron chi connectivity index (χ4n) is 2.62. The van der Waals surface area contributed by atoms with Crippen molar-refractivity contribution >= 4 is 18.3 Å². The van der Waals surface area contributed by atoms with Crippen LogP contribution in [0, 0.1) is 5.92 Å². The van der Waals surface area contributed by atoms with Gasteiger partial charge in [-0.15, -0.1) is 12.4 Å². The Morgan fingerprint density at radius 3 is 2.63 bits per heavy atom. The van der Waals surface area contributed by atoms with Crippen molar-refractivity contribution in [3.8, 4) is 0 Å². The number of carbonyl (C=O) groups is 1. The van der Waals surface area contributed by atoms with E-state index in [4.69, 9.17) is 5.73 Å². The highest BCUT2D eigenvalue weighted by Crippen LogP contribution is 2.26. The maximum absolute atomic E-state index is 11.8. The monoisotopic (exact) mass is 282 g/mol. The molecule has 1 aromatic rings. The lowest BCUT2D eigenvalue weighted by Crippen LogP contribution is -2.32. The first kappa shape index (κ1) is 16.0. The Labute approximate surface area is 121 Å². The van der Waals surface area contributed by atoms with Gasteiger partial charge in [-0.05, 0) is 30.7 Å². The van der Waals surface area contributed by atoms with Crippen LogP contribution in [0.2, 0.25) is 0 Å². The highest BCUT2D eigenvalue weighted by Gasteiger charge is 2.25. The summed E-state index contributed by atoms with van der Waals surface area (Å²) in [6.07, 6.45) is 4.83. The molecule has 0 radical (unpaired) electrons. The smallest absolute Gasteiger partial charge is 0.220 e. The maximum Gasteiger partial charge on any atom is 0.220 e. The number of hydrogen-bond donors (Lipinski definition) is 2. The molecule has 19 heavy (non-hydrogen) atoms. The van der Waals surface area contributed by atoms with Crippen LogP contribution in [0.3, 0.4) is 0 Å². The van der Waals surface area contributed by atoms with E-state index in [0.717, 1.165) is 19.3 Å². The summed E-state index contributed by atoms with van der Waals surface area (Å²) in [5.74, 6) is 0.537. The van der Waals surface area contributed by atoms with Crippen LogP contribution >= 0.6 is 12.4 Å². The summed E-state index contributed by atoms with van der Waals surface area (Å²) in [7, 11) is 0. The Kier molecular flexibility index (Phi) is 6.89. The number of amides is 1. The second-order valence-corrected chi connectivity index (χ2v) is 5.14. The molecule has 2 rings (SSSR count). The minimum Gasteiger partial charge on any atom is -0.356 e. The summed E-state index contributed by atoms with van der Waals surface area (Å²) in [6, 6.07) is 10.4. The van der Waals surface area contributed by atoms with E-state index in [1.165, 1.54) is 12.0 Å². The third-order valence-electron chi connectivity index (χ3n) is 3.74. The minimum absolute atomic E-state index is 0. The van der Waals surface area contributed by atoms with Gasteiger partial charge in [-0.2, -0.15) is 0 Å². The van der Waals surface area contributed by atoms with Crippen molar-refractivity contribution in [2.75, 3.05) is 6.54 Å². The quantitative estimate of drug-likeness (QED) is 0.871. The Morgan fingerprint density at radius 2 is 2.00 bits per heavy atom. The van der Waals surface area contributed by atoms with Crippen molar-refractivity contribution in [1.29, 1.82) is 0 Å². The summed E-state index contributed by atoms with van der Waals surface area (Å²) >= 11 is 0. The molecule has 0 spiro atoms. The van der Waals surface area contributed by atoms with Crippen LogP contribution < -0.4 is 11.1 Å². The van der Waals surface area contributed by atoms with E-state index in [9.17, 15) is 4.79 Å². The molecular formula is C15H23ClN2O. The SMILES string of the molecule is Cl.N[C@@H]1CCC[C@H]1CC(=O)NCCc1ccccc1. The first-order valence-electron chi connectivity index (χ1n) is 6.82. The Balaban J connectivity index is 0.00000180. The fraction of sp³-hybridized carbons (Fsp3) is 0.533. The van der Waals surface area contributed by atoms with Gasteiger partial charge in [-0.1, -0.05) is 36.8 Å². The molecule has 1 saturated carbocycles. The average Bonchev–Trinajstić information content (AvgIpc) is 2.76. The van der Waals surface area contributed by atoms with E-state index in [0.29, 0.717) is 18.9 Å². The number of nitrogens with two attached hydrogens (primary N) is 1. The maximum atomic E-state index is 11.8. The van der Waals surface area contributed by atoms with Gasteiger partial charge in [0, 0.05) is 19.0 Å². The van der Waals surface area contributed by atoms with Gasteiger partial charge in [0.15, 0.2) is 0 Å². The molecule has 1 aromatic carbocycles. The summed E-state index contributed by atoms with van der Waals surface area (Å²) in [5.41, 5.74) is 7.23. The number of benzene rings is 1. The van der Waals surface area contributed by atoms with Gasteiger partial charge in [-0.3, -0.25) is 4.79 Å². The van der Waals surface area contributed by atoms with E-state index < -0.39 is 0 Å². The zero-order chi connectivity index (χ0) is 12.8. The molecule has 1 amide bonds. The first-order valence-corrected chi connectivity index (χ1v) is 6.82. The third-order valence-corrected chi connectivity index (χ3v) is 3.74. The van der Waals surface area contributed by atoms with E-state index in [1.807, 2.05) is 18.2 Å². The number of hydrogen-bond acceptors (Lipinski definition) is 2. The third kappa shape index (κ3) is 5.21. The van der Waals surface area contributed by atoms with Crippen LogP contribution in [0.1, 0.15) is 31.2 Å². The van der Waals surface area contributed by atoms with Crippen molar-refractivity contribution < 1.29 is 4.79 Å². The lowest BCUT2D eigenvalue weighted by Gasteiger charge is -2.14. The molecule has 106 valence electrons. The second kappa shape index (κ2) is 8.18.